The molecule has 0 aliphatic heterocycles. The van der Waals surface area contributed by atoms with Crippen LogP contribution in [0.5, 0.6) is 0 Å². The van der Waals surface area contributed by atoms with Crippen molar-refractivity contribution in [2.24, 2.45) is 0 Å². The van der Waals surface area contributed by atoms with Crippen molar-refractivity contribution in [1.82, 2.24) is 0 Å². The van der Waals surface area contributed by atoms with Crippen LogP contribution in [0, 0.1) is 49.4 Å². The minimum absolute atomic E-state index is 0. The van der Waals surface area contributed by atoms with Crippen LogP contribution >= 0.6 is 0 Å². The maximum atomic E-state index is 8.46. The molecule has 0 amide bonds. The Morgan fingerprint density at radius 2 is 0.750 bits per heavy atom. The standard InChI is InChI=1S/3Al.Ba.Eu.Mg.6O.4H/q;;;;+3;;;;;3*-1;;;;. The van der Waals surface area contributed by atoms with Crippen LogP contribution in [0.2, 0.25) is 0 Å². The first kappa shape index (κ1) is 36.0. The second-order valence-corrected chi connectivity index (χ2v) is 0.866. The molecule has 0 aromatic rings. The monoisotopic (exact) mass is 496 g/mol. The van der Waals surface area contributed by atoms with Gasteiger partial charge in [-0.2, -0.15) is 0 Å². The van der Waals surface area contributed by atoms with Gasteiger partial charge in [0.15, 0.2) is 0 Å². The molecule has 0 aromatic carbocycles. The first-order chi connectivity index (χ1) is 4.24. The molecule has 0 bridgehead atoms. The van der Waals surface area contributed by atoms with Gasteiger partial charge in [0.1, 0.15) is 0 Å². The van der Waals surface area contributed by atoms with Gasteiger partial charge in [0.2, 0.25) is 0 Å². The van der Waals surface area contributed by atoms with Crippen LogP contribution in [-0.4, -0.2) is 118 Å². The van der Waals surface area contributed by atoms with Crippen LogP contribution in [0.15, 0.2) is 0 Å². The summed E-state index contributed by atoms with van der Waals surface area (Å²) in [5, 5.41) is 0. The predicted octanol–water partition coefficient (Wildman–Crippen LogP) is -6.90. The van der Waals surface area contributed by atoms with Crippen molar-refractivity contribution < 1.29 is 73.3 Å². The molecule has 0 unspecified atom stereocenters. The molecular formula is H4Al3BaEuMgO6. The summed E-state index contributed by atoms with van der Waals surface area (Å²) in [6.07, 6.45) is 0. The first-order valence-electron chi connectivity index (χ1n) is 1.41. The molecule has 0 N–H and O–H groups in total. The van der Waals surface area contributed by atoms with Gasteiger partial charge >= 0.3 is 192 Å². The van der Waals surface area contributed by atoms with Crippen LogP contribution in [0.4, 0.5) is 0 Å². The molecule has 0 heterocycles. The Labute approximate surface area is 186 Å². The molecule has 0 spiro atoms. The number of hydrogen-bond acceptors (Lipinski definition) is 6. The molecule has 0 rings (SSSR count). The fourth-order valence-electron chi connectivity index (χ4n) is 0. The molecule has 0 radical (unpaired) electrons. The van der Waals surface area contributed by atoms with E-state index in [0.29, 0.717) is 0 Å². The van der Waals surface area contributed by atoms with E-state index in [2.05, 4.69) is 0 Å². The molecule has 0 aromatic heterocycles. The van der Waals surface area contributed by atoms with Crippen LogP contribution < -0.4 is 12.5 Å². The van der Waals surface area contributed by atoms with Crippen LogP contribution in [-0.2, 0) is 11.4 Å². The molecule has 0 fully saturated rings. The van der Waals surface area contributed by atoms with Crippen LogP contribution in [0.25, 0.3) is 0 Å². The van der Waals surface area contributed by atoms with Gasteiger partial charge in [0.25, 0.3) is 0 Å². The van der Waals surface area contributed by atoms with Gasteiger partial charge in [-0.1, -0.05) is 0 Å². The van der Waals surface area contributed by atoms with Crippen LogP contribution in [0.3, 0.4) is 0 Å². The quantitative estimate of drug-likeness (QED) is 0.309. The summed E-state index contributed by atoms with van der Waals surface area (Å²) in [6.45, 7) is 0. The molecule has 12 heavy (non-hydrogen) atoms. The summed E-state index contributed by atoms with van der Waals surface area (Å²) in [6, 6.07) is 0. The van der Waals surface area contributed by atoms with Crippen molar-refractivity contribution in [3.63, 3.8) is 0 Å². The van der Waals surface area contributed by atoms with E-state index < -0.39 is 46.5 Å². The third-order valence-electron chi connectivity index (χ3n) is 0. The molecule has 0 aliphatic rings. The van der Waals surface area contributed by atoms with E-state index in [1.165, 1.54) is 0 Å². The summed E-state index contributed by atoms with van der Waals surface area (Å²) >= 11 is -5.25. The summed E-state index contributed by atoms with van der Waals surface area (Å²) in [4.78, 5) is 0. The Morgan fingerprint density at radius 3 is 0.750 bits per heavy atom. The normalized spacial score (nSPS) is 2.00. The van der Waals surface area contributed by atoms with E-state index in [-0.39, 0.29) is 121 Å². The predicted molar refractivity (Wildman–Crippen MR) is 36.4 cm³/mol. The van der Waals surface area contributed by atoms with E-state index >= 15 is 0 Å². The second-order valence-electron chi connectivity index (χ2n) is 0.289. The van der Waals surface area contributed by atoms with Gasteiger partial charge in [-0.15, -0.1) is 0 Å². The van der Waals surface area contributed by atoms with Crippen molar-refractivity contribution in [2.75, 3.05) is 0 Å². The van der Waals surface area contributed by atoms with Crippen molar-refractivity contribution >= 4 is 118 Å². The Balaban J connectivity index is -0.00000001000. The Morgan fingerprint density at radius 1 is 0.750 bits per heavy atom. The second kappa shape index (κ2) is 58.6. The van der Waals surface area contributed by atoms with Crippen molar-refractivity contribution in [3.8, 4) is 0 Å². The third kappa shape index (κ3) is 136. The Hall–Kier alpha value is 4.32. The fourth-order valence-corrected chi connectivity index (χ4v) is 0. The average Bonchev–Trinajstić information content (AvgIpc) is 1.70. The zero-order chi connectivity index (χ0) is 8.12. The van der Waals surface area contributed by atoms with E-state index in [4.69, 9.17) is 23.9 Å². The Bertz CT molecular complexity index is 59.5. The van der Waals surface area contributed by atoms with Gasteiger partial charge in [-0.25, -0.2) is 0 Å². The summed E-state index contributed by atoms with van der Waals surface area (Å²) in [7, 11) is 0. The van der Waals surface area contributed by atoms with Gasteiger partial charge in [-0.05, 0) is 0 Å². The minimum atomic E-state index is -1.75. The molecule has 0 atom stereocenters. The molecule has 0 saturated heterocycles. The zero-order valence-electron chi connectivity index (χ0n) is 4.56. The molecular weight excluding hydrogens is 491 g/mol. The third-order valence-corrected chi connectivity index (χ3v) is 0. The number of hydrogen-bond donors (Lipinski definition) is 0. The van der Waals surface area contributed by atoms with Crippen molar-refractivity contribution in [1.29, 1.82) is 0 Å². The Kier molecular flexibility index (Phi) is 176. The maximum absolute atomic E-state index is 8.46. The first-order valence-corrected chi connectivity index (χ1v) is 4.24. The zero-order valence-corrected chi connectivity index (χ0v) is 10.4. The molecule has 12 heteroatoms. The van der Waals surface area contributed by atoms with Crippen molar-refractivity contribution in [3.05, 3.63) is 0 Å². The SMILES string of the molecule is [BaH2].[Eu+3].[MgH2].[O]=[Al][O-].[O]=[Al][O-].[O]=[Al][O-]. The van der Waals surface area contributed by atoms with E-state index in [0.717, 1.165) is 0 Å². The van der Waals surface area contributed by atoms with Gasteiger partial charge in [0.05, 0.1) is 0 Å². The molecule has 60 valence electrons. The van der Waals surface area contributed by atoms with Crippen molar-refractivity contribution in [2.45, 2.75) is 0 Å². The van der Waals surface area contributed by atoms with Crippen LogP contribution in [0.1, 0.15) is 0 Å². The molecule has 6 nitrogen and oxygen atoms in total. The van der Waals surface area contributed by atoms with Gasteiger partial charge in [-0.3, -0.25) is 0 Å². The van der Waals surface area contributed by atoms with Gasteiger partial charge in [0, 0.05) is 0 Å². The van der Waals surface area contributed by atoms with E-state index in [9.17, 15) is 0 Å². The fraction of sp³-hybridized carbons (Fsp3) is 0. The van der Waals surface area contributed by atoms with E-state index in [1.54, 1.807) is 0 Å². The average molecular weight is 495 g/mol. The summed E-state index contributed by atoms with van der Waals surface area (Å²) < 4.78 is 50.8. The summed E-state index contributed by atoms with van der Waals surface area (Å²) in [5.74, 6) is 0. The molecule has 0 aliphatic carbocycles. The number of rotatable bonds is 0. The topological polar surface area (TPSA) is 120 Å². The molecule has 0 saturated carbocycles. The van der Waals surface area contributed by atoms with Gasteiger partial charge < -0.3 is 0 Å². The van der Waals surface area contributed by atoms with E-state index in [1.807, 2.05) is 0 Å². The summed E-state index contributed by atoms with van der Waals surface area (Å²) in [5.41, 5.74) is 0.